The summed E-state index contributed by atoms with van der Waals surface area (Å²) in [6.07, 6.45) is -5.24. The van der Waals surface area contributed by atoms with Crippen molar-refractivity contribution in [1.82, 2.24) is 39.3 Å². The average Bonchev–Trinajstić information content (AvgIpc) is 3.81. The summed E-state index contributed by atoms with van der Waals surface area (Å²) in [6.45, 7) is 6.68. The number of methoxy groups -OCH3 is 1. The molecule has 0 saturated carbocycles. The molecule has 0 bridgehead atoms. The molecule has 7 N–H and O–H groups in total. The van der Waals surface area contributed by atoms with E-state index in [0.29, 0.717) is 30.2 Å². The number of aromatic nitrogens is 6. The Kier molecular flexibility index (Phi) is 10.7. The number of nitrogens with two attached hydrogens (primary N) is 1. The highest BCUT2D eigenvalue weighted by Crippen LogP contribution is 2.34. The quantitative estimate of drug-likeness (QED) is 0.0698. The maximum atomic E-state index is 13.5. The minimum absolute atomic E-state index is 0.0331. The van der Waals surface area contributed by atoms with E-state index in [1.807, 2.05) is 6.92 Å². The van der Waals surface area contributed by atoms with Crippen molar-refractivity contribution in [3.05, 3.63) is 41.6 Å². The standard InChI is InChI=1S/C33H43N11O9/c1-6-35-29(48)24-22(46)23(47)31(53-24)44-15-37-20-25(34)38-32(40-27(20)44)36-11-12-52-18-10-9-16(14-19(18)51-5)13-17(45)26-39-28-21(41(26)4)30(49)43(8-3)33(50)42(28)7-2/h9-10,14-15,22-24,31,33,46-47,50H,6-8,11-13H2,1-5H3,(H,35,48)(H3,34,36,38,40)/t22-,23+,24?,31+,33?/m0/s1. The van der Waals surface area contributed by atoms with Gasteiger partial charge in [-0.05, 0) is 38.5 Å². The molecule has 2 unspecified atom stereocenters. The van der Waals surface area contributed by atoms with Gasteiger partial charge >= 0.3 is 0 Å². The van der Waals surface area contributed by atoms with Crippen LogP contribution in [0, 0.1) is 0 Å². The lowest BCUT2D eigenvalue weighted by molar-refractivity contribution is -0.137. The zero-order valence-electron chi connectivity index (χ0n) is 29.9. The van der Waals surface area contributed by atoms with Crippen LogP contribution in [-0.2, 0) is 23.0 Å². The van der Waals surface area contributed by atoms with E-state index in [4.69, 9.17) is 19.9 Å². The van der Waals surface area contributed by atoms with Gasteiger partial charge < -0.3 is 55.4 Å². The van der Waals surface area contributed by atoms with Gasteiger partial charge in [-0.1, -0.05) is 6.07 Å². The van der Waals surface area contributed by atoms with Crippen LogP contribution < -0.4 is 30.7 Å². The molecule has 0 aliphatic carbocycles. The van der Waals surface area contributed by atoms with Crippen molar-refractivity contribution in [1.29, 1.82) is 0 Å². The summed E-state index contributed by atoms with van der Waals surface area (Å²) in [5, 5.41) is 37.4. The third-order valence-electron chi connectivity index (χ3n) is 9.11. The van der Waals surface area contributed by atoms with Gasteiger partial charge in [-0.2, -0.15) is 9.97 Å². The van der Waals surface area contributed by atoms with Crippen LogP contribution >= 0.6 is 0 Å². The van der Waals surface area contributed by atoms with Gasteiger partial charge in [-0.15, -0.1) is 0 Å². The minimum atomic E-state index is -1.47. The number of benzene rings is 1. The van der Waals surface area contributed by atoms with Crippen LogP contribution in [0.1, 0.15) is 53.7 Å². The van der Waals surface area contributed by atoms with Crippen molar-refractivity contribution in [2.24, 2.45) is 7.05 Å². The molecule has 5 atom stereocenters. The van der Waals surface area contributed by atoms with Crippen molar-refractivity contribution in [2.75, 3.05) is 55.8 Å². The summed E-state index contributed by atoms with van der Waals surface area (Å²) in [4.78, 5) is 59.2. The molecule has 1 aromatic carbocycles. The second-order valence-corrected chi connectivity index (χ2v) is 12.3. The summed E-state index contributed by atoms with van der Waals surface area (Å²) in [5.74, 6) is 0.0569. The number of Topliss-reactive ketones (excluding diaryl/α,β-unsaturated/α-hetero) is 1. The van der Waals surface area contributed by atoms with Crippen molar-refractivity contribution in [2.45, 2.75) is 58.1 Å². The van der Waals surface area contributed by atoms with Crippen LogP contribution in [0.15, 0.2) is 24.5 Å². The van der Waals surface area contributed by atoms with Gasteiger partial charge in [-0.3, -0.25) is 23.9 Å². The molecule has 20 heteroatoms. The van der Waals surface area contributed by atoms with Gasteiger partial charge in [0, 0.05) is 33.1 Å². The number of carbonyl (C=O) groups is 3. The van der Waals surface area contributed by atoms with E-state index in [1.54, 1.807) is 44.0 Å². The number of ketones is 1. The molecule has 1 fully saturated rings. The van der Waals surface area contributed by atoms with Crippen LogP contribution in [0.25, 0.3) is 11.2 Å². The summed E-state index contributed by atoms with van der Waals surface area (Å²) in [5.41, 5.74) is 7.46. The van der Waals surface area contributed by atoms with Gasteiger partial charge in [0.25, 0.3) is 11.8 Å². The maximum absolute atomic E-state index is 13.5. The molecule has 2 amide bonds. The monoisotopic (exact) mass is 737 g/mol. The number of carbonyl (C=O) groups excluding carboxylic acids is 3. The van der Waals surface area contributed by atoms with Gasteiger partial charge in [0.05, 0.1) is 20.0 Å². The maximum Gasteiger partial charge on any atom is 0.277 e. The molecule has 2 aliphatic rings. The predicted molar refractivity (Wildman–Crippen MR) is 188 cm³/mol. The molecule has 5 heterocycles. The number of fused-ring (bicyclic) bond motifs is 2. The fraction of sp³-hybridized carbons (Fsp3) is 0.485. The Bertz CT molecular complexity index is 2020. The van der Waals surface area contributed by atoms with E-state index < -0.39 is 42.7 Å². The normalized spacial score (nSPS) is 21.2. The van der Waals surface area contributed by atoms with E-state index in [-0.39, 0.29) is 72.2 Å². The number of rotatable bonds is 14. The second kappa shape index (κ2) is 15.2. The molecule has 284 valence electrons. The van der Waals surface area contributed by atoms with Crippen LogP contribution in [0.4, 0.5) is 17.6 Å². The van der Waals surface area contributed by atoms with Crippen LogP contribution in [0.3, 0.4) is 0 Å². The third-order valence-corrected chi connectivity index (χ3v) is 9.11. The zero-order chi connectivity index (χ0) is 38.1. The van der Waals surface area contributed by atoms with Crippen molar-refractivity contribution in [3.63, 3.8) is 0 Å². The summed E-state index contributed by atoms with van der Waals surface area (Å²) >= 11 is 0. The fourth-order valence-electron chi connectivity index (χ4n) is 6.43. The molecule has 0 radical (unpaired) electrons. The number of hydrogen-bond donors (Lipinski definition) is 6. The molecule has 53 heavy (non-hydrogen) atoms. The van der Waals surface area contributed by atoms with E-state index in [0.717, 1.165) is 0 Å². The minimum Gasteiger partial charge on any atom is -0.493 e. The number of amides is 2. The zero-order valence-corrected chi connectivity index (χ0v) is 29.9. The lowest BCUT2D eigenvalue weighted by atomic mass is 10.1. The van der Waals surface area contributed by atoms with Crippen LogP contribution in [0.2, 0.25) is 0 Å². The molecule has 3 aromatic heterocycles. The molecule has 4 aromatic rings. The van der Waals surface area contributed by atoms with Crippen molar-refractivity contribution in [3.8, 4) is 11.5 Å². The fourth-order valence-corrected chi connectivity index (χ4v) is 6.43. The summed E-state index contributed by atoms with van der Waals surface area (Å²) in [7, 11) is 3.09. The first kappa shape index (κ1) is 37.2. The molecular weight excluding hydrogens is 694 g/mol. The Balaban J connectivity index is 1.10. The molecule has 20 nitrogen and oxygen atoms in total. The van der Waals surface area contributed by atoms with Gasteiger partial charge in [-0.25, -0.2) is 9.97 Å². The van der Waals surface area contributed by atoms with Crippen molar-refractivity contribution >= 4 is 46.3 Å². The molecule has 6 rings (SSSR count). The highest BCUT2D eigenvalue weighted by molar-refractivity contribution is 6.03. The van der Waals surface area contributed by atoms with E-state index in [9.17, 15) is 29.7 Å². The Morgan fingerprint density at radius 1 is 1.04 bits per heavy atom. The largest absolute Gasteiger partial charge is 0.493 e. The molecule has 2 aliphatic heterocycles. The highest BCUT2D eigenvalue weighted by atomic mass is 16.6. The number of aliphatic hydroxyl groups is 3. The Morgan fingerprint density at radius 3 is 2.49 bits per heavy atom. The lowest BCUT2D eigenvalue weighted by Gasteiger charge is -2.39. The SMILES string of the molecule is CCNC(=O)C1O[C@@H](n2cnc3c(N)nc(NCCOc4ccc(CC(=O)c5nc6c(n5C)C(=O)N(CC)C(O)N6CC)cc4OC)nc32)[C@H](O)[C@@H]1O. The number of nitrogen functional groups attached to an aromatic ring is 1. The average molecular weight is 738 g/mol. The second-order valence-electron chi connectivity index (χ2n) is 12.3. The summed E-state index contributed by atoms with van der Waals surface area (Å²) < 4.78 is 20.0. The van der Waals surface area contributed by atoms with Crippen LogP contribution in [-0.4, -0.2) is 131 Å². The third kappa shape index (κ3) is 6.76. The number of anilines is 3. The van der Waals surface area contributed by atoms with Gasteiger partial charge in [0.1, 0.15) is 24.3 Å². The number of nitrogens with one attached hydrogen (secondary N) is 2. The predicted octanol–water partition coefficient (Wildman–Crippen LogP) is -0.600. The molecule has 1 saturated heterocycles. The van der Waals surface area contributed by atoms with E-state index in [1.165, 1.54) is 27.5 Å². The topological polar surface area (TPSA) is 258 Å². The lowest BCUT2D eigenvalue weighted by Crippen LogP contribution is -2.55. The number of imidazole rings is 2. The van der Waals surface area contributed by atoms with Gasteiger partial charge in [0.15, 0.2) is 52.6 Å². The molecular formula is C33H43N11O9. The molecule has 0 spiro atoms. The number of ether oxygens (including phenoxy) is 3. The Labute approximate surface area is 303 Å². The smallest absolute Gasteiger partial charge is 0.277 e. The Hall–Kier alpha value is -5.57. The number of hydrogen-bond acceptors (Lipinski definition) is 16. The first-order chi connectivity index (χ1) is 25.4. The summed E-state index contributed by atoms with van der Waals surface area (Å²) in [6, 6.07) is 5.09. The van der Waals surface area contributed by atoms with Crippen molar-refractivity contribution < 1.29 is 43.9 Å². The number of likely N-dealkylation sites (N-methyl/N-ethyl adjacent to an activating group) is 1. The number of nitrogens with zero attached hydrogens (tertiary/aromatic N) is 8. The first-order valence-corrected chi connectivity index (χ1v) is 17.1. The number of aliphatic hydroxyl groups excluding tert-OH is 3. The first-order valence-electron chi connectivity index (χ1n) is 17.1. The van der Waals surface area contributed by atoms with Crippen LogP contribution in [0.5, 0.6) is 11.5 Å². The van der Waals surface area contributed by atoms with Gasteiger partial charge in [0.2, 0.25) is 18.1 Å². The highest BCUT2D eigenvalue weighted by Gasteiger charge is 2.48. The van der Waals surface area contributed by atoms with E-state index >= 15 is 0 Å². The van der Waals surface area contributed by atoms with E-state index in [2.05, 4.69) is 30.6 Å². The Morgan fingerprint density at radius 2 is 1.79 bits per heavy atom.